The van der Waals surface area contributed by atoms with E-state index in [0.717, 1.165) is 31.8 Å². The Morgan fingerprint density at radius 3 is 2.47 bits per heavy atom. The highest BCUT2D eigenvalue weighted by Crippen LogP contribution is 2.23. The van der Waals surface area contributed by atoms with Gasteiger partial charge in [0.05, 0.1) is 12.1 Å². The van der Waals surface area contributed by atoms with E-state index in [1.54, 1.807) is 0 Å². The maximum Gasteiger partial charge on any atom is 0.165 e. The van der Waals surface area contributed by atoms with Gasteiger partial charge in [-0.2, -0.15) is 0 Å². The van der Waals surface area contributed by atoms with Crippen LogP contribution in [0.4, 0.5) is 0 Å². The second-order valence-electron chi connectivity index (χ2n) is 3.99. The summed E-state index contributed by atoms with van der Waals surface area (Å²) < 4.78 is 1.95. The summed E-state index contributed by atoms with van der Waals surface area (Å²) in [5.41, 5.74) is 0.0360. The third kappa shape index (κ3) is 2.53. The number of hydrogen-bond acceptors (Lipinski definition) is 4. The number of aromatic nitrogens is 4. The third-order valence-electron chi connectivity index (χ3n) is 3.10. The van der Waals surface area contributed by atoms with Gasteiger partial charge in [-0.15, -0.1) is 5.10 Å². The van der Waals surface area contributed by atoms with Crippen molar-refractivity contribution in [1.29, 1.82) is 0 Å². The van der Waals surface area contributed by atoms with Crippen molar-refractivity contribution in [1.82, 2.24) is 25.5 Å². The monoisotopic (exact) mass is 211 g/mol. The summed E-state index contributed by atoms with van der Waals surface area (Å²) in [7, 11) is 0. The van der Waals surface area contributed by atoms with Crippen molar-refractivity contribution in [3.63, 3.8) is 0 Å². The van der Waals surface area contributed by atoms with Gasteiger partial charge in [-0.1, -0.05) is 20.8 Å². The molecular weight excluding hydrogens is 190 g/mol. The fourth-order valence-electron chi connectivity index (χ4n) is 1.52. The normalized spacial score (nSPS) is 12.0. The molecular formula is C10H21N5. The average molecular weight is 211 g/mol. The van der Waals surface area contributed by atoms with Gasteiger partial charge in [0, 0.05) is 0 Å². The topological polar surface area (TPSA) is 55.6 Å². The van der Waals surface area contributed by atoms with Crippen LogP contribution in [0, 0.1) is 0 Å². The van der Waals surface area contributed by atoms with Crippen LogP contribution in [0.3, 0.4) is 0 Å². The van der Waals surface area contributed by atoms with Crippen molar-refractivity contribution >= 4 is 0 Å². The first-order valence-corrected chi connectivity index (χ1v) is 5.66. The van der Waals surface area contributed by atoms with Gasteiger partial charge < -0.3 is 5.32 Å². The first-order chi connectivity index (χ1) is 7.18. The molecule has 0 aromatic carbocycles. The predicted molar refractivity (Wildman–Crippen MR) is 59.4 cm³/mol. The lowest BCUT2D eigenvalue weighted by Gasteiger charge is -2.27. The van der Waals surface area contributed by atoms with Gasteiger partial charge >= 0.3 is 0 Å². The van der Waals surface area contributed by atoms with Crippen LogP contribution in [-0.4, -0.2) is 26.8 Å². The maximum atomic E-state index is 4.10. The van der Waals surface area contributed by atoms with E-state index in [0.29, 0.717) is 0 Å². The molecule has 0 fully saturated rings. The van der Waals surface area contributed by atoms with Crippen LogP contribution < -0.4 is 5.32 Å². The minimum atomic E-state index is 0.0360. The highest BCUT2D eigenvalue weighted by molar-refractivity contribution is 4.89. The summed E-state index contributed by atoms with van der Waals surface area (Å²) in [4.78, 5) is 0. The van der Waals surface area contributed by atoms with Gasteiger partial charge in [0.25, 0.3) is 0 Å². The number of nitrogens with zero attached hydrogens (tertiary/aromatic N) is 4. The smallest absolute Gasteiger partial charge is 0.165 e. The van der Waals surface area contributed by atoms with Crippen molar-refractivity contribution in [3.05, 3.63) is 5.82 Å². The Morgan fingerprint density at radius 2 is 1.93 bits per heavy atom. The third-order valence-corrected chi connectivity index (χ3v) is 3.10. The van der Waals surface area contributed by atoms with Crippen LogP contribution in [0.15, 0.2) is 0 Å². The highest BCUT2D eigenvalue weighted by atomic mass is 15.6. The summed E-state index contributed by atoms with van der Waals surface area (Å²) in [6.07, 6.45) is 2.07. The molecule has 5 heteroatoms. The molecule has 1 rings (SSSR count). The molecule has 0 spiro atoms. The van der Waals surface area contributed by atoms with E-state index in [-0.39, 0.29) is 5.54 Å². The lowest BCUT2D eigenvalue weighted by molar-refractivity contribution is 0.249. The zero-order chi connectivity index (χ0) is 11.3. The first-order valence-electron chi connectivity index (χ1n) is 5.66. The highest BCUT2D eigenvalue weighted by Gasteiger charge is 2.26. The fourth-order valence-corrected chi connectivity index (χ4v) is 1.52. The Labute approximate surface area is 91.2 Å². The second-order valence-corrected chi connectivity index (χ2v) is 3.99. The minimum Gasteiger partial charge on any atom is -0.310 e. The summed E-state index contributed by atoms with van der Waals surface area (Å²) in [5.74, 6) is 0.919. The van der Waals surface area contributed by atoms with Crippen molar-refractivity contribution in [2.24, 2.45) is 0 Å². The van der Waals surface area contributed by atoms with Gasteiger partial charge in [-0.3, -0.25) is 0 Å². The fraction of sp³-hybridized carbons (Fsp3) is 0.900. The van der Waals surface area contributed by atoms with E-state index in [1.165, 1.54) is 0 Å². The van der Waals surface area contributed by atoms with E-state index >= 15 is 0 Å². The molecule has 0 saturated carbocycles. The maximum absolute atomic E-state index is 4.10. The van der Waals surface area contributed by atoms with Gasteiger partial charge in [-0.25, -0.2) is 4.68 Å². The molecule has 0 aliphatic carbocycles. The van der Waals surface area contributed by atoms with Gasteiger partial charge in [0.1, 0.15) is 0 Å². The Bertz CT molecular complexity index is 290. The molecule has 0 aliphatic rings. The summed E-state index contributed by atoms with van der Waals surface area (Å²) >= 11 is 0. The summed E-state index contributed by atoms with van der Waals surface area (Å²) in [5, 5.41) is 15.2. The molecule has 1 N–H and O–H groups in total. The molecule has 0 saturated heterocycles. The van der Waals surface area contributed by atoms with E-state index in [2.05, 4.69) is 48.5 Å². The summed E-state index contributed by atoms with van der Waals surface area (Å²) in [6.45, 7) is 10.3. The van der Waals surface area contributed by atoms with Crippen LogP contribution in [-0.2, 0) is 12.1 Å². The molecule has 0 aliphatic heterocycles. The second kappa shape index (κ2) is 5.21. The predicted octanol–water partition coefficient (Wildman–Crippen LogP) is 1.32. The molecule has 0 amide bonds. The number of hydrogen-bond donors (Lipinski definition) is 1. The van der Waals surface area contributed by atoms with Crippen LogP contribution in [0.1, 0.15) is 46.4 Å². The zero-order valence-corrected chi connectivity index (χ0v) is 10.1. The van der Waals surface area contributed by atoms with E-state index < -0.39 is 0 Å². The number of nitrogens with one attached hydrogen (secondary N) is 1. The minimum absolute atomic E-state index is 0.0360. The molecule has 0 bridgehead atoms. The molecule has 0 radical (unpaired) electrons. The molecule has 5 nitrogen and oxygen atoms in total. The van der Waals surface area contributed by atoms with Crippen LogP contribution in [0.25, 0.3) is 0 Å². The summed E-state index contributed by atoms with van der Waals surface area (Å²) in [6, 6.07) is 0. The molecule has 0 atom stereocenters. The van der Waals surface area contributed by atoms with Crippen LogP contribution in [0.5, 0.6) is 0 Å². The number of tetrazole rings is 1. The molecule has 86 valence electrons. The SMILES string of the molecule is CCNCc1nnnn1C(C)(CC)CC. The molecule has 1 heterocycles. The largest absolute Gasteiger partial charge is 0.310 e. The van der Waals surface area contributed by atoms with E-state index in [1.807, 2.05) is 4.68 Å². The van der Waals surface area contributed by atoms with E-state index in [4.69, 9.17) is 0 Å². The quantitative estimate of drug-likeness (QED) is 0.771. The number of rotatable bonds is 6. The Hall–Kier alpha value is -0.970. The molecule has 0 unspecified atom stereocenters. The Morgan fingerprint density at radius 1 is 1.27 bits per heavy atom. The Kier molecular flexibility index (Phi) is 4.20. The average Bonchev–Trinajstić information content (AvgIpc) is 2.74. The van der Waals surface area contributed by atoms with E-state index in [9.17, 15) is 0 Å². The van der Waals surface area contributed by atoms with Gasteiger partial charge in [-0.05, 0) is 36.7 Å². The molecule has 1 aromatic rings. The van der Waals surface area contributed by atoms with Gasteiger partial charge in [0.2, 0.25) is 0 Å². The van der Waals surface area contributed by atoms with Crippen molar-refractivity contribution in [3.8, 4) is 0 Å². The standard InChI is InChI=1S/C10H21N5/c1-5-10(4,6-2)15-9(8-11-7-3)12-13-14-15/h11H,5-8H2,1-4H3. The van der Waals surface area contributed by atoms with Crippen molar-refractivity contribution < 1.29 is 0 Å². The zero-order valence-electron chi connectivity index (χ0n) is 10.1. The van der Waals surface area contributed by atoms with Crippen molar-refractivity contribution in [2.45, 2.75) is 52.6 Å². The molecule has 1 aromatic heterocycles. The Balaban J connectivity index is 2.87. The lowest BCUT2D eigenvalue weighted by atomic mass is 9.96. The van der Waals surface area contributed by atoms with Crippen LogP contribution in [0.2, 0.25) is 0 Å². The van der Waals surface area contributed by atoms with Crippen LogP contribution >= 0.6 is 0 Å². The first kappa shape index (κ1) is 12.1. The van der Waals surface area contributed by atoms with Crippen molar-refractivity contribution in [2.75, 3.05) is 6.54 Å². The lowest BCUT2D eigenvalue weighted by Crippen LogP contribution is -2.33. The molecule has 15 heavy (non-hydrogen) atoms. The van der Waals surface area contributed by atoms with Gasteiger partial charge in [0.15, 0.2) is 5.82 Å².